The zero-order valence-electron chi connectivity index (χ0n) is 13.1. The van der Waals surface area contributed by atoms with E-state index in [-0.39, 0.29) is 0 Å². The van der Waals surface area contributed by atoms with Crippen molar-refractivity contribution in [1.29, 1.82) is 0 Å². The Labute approximate surface area is 119 Å². The quantitative estimate of drug-likeness (QED) is 0.606. The van der Waals surface area contributed by atoms with Crippen LogP contribution in [0.5, 0.6) is 0 Å². The van der Waals surface area contributed by atoms with Gasteiger partial charge in [0.25, 0.3) is 0 Å². The molecule has 0 amide bonds. The second-order valence-corrected chi connectivity index (χ2v) is 9.40. The predicted octanol–water partition coefficient (Wildman–Crippen LogP) is 1.86. The van der Waals surface area contributed by atoms with Crippen molar-refractivity contribution < 1.29 is 26.6 Å². The maximum Gasteiger partial charge on any atom is 0.528 e. The van der Waals surface area contributed by atoms with Gasteiger partial charge in [-0.25, -0.2) is 0 Å². The normalized spacial score (nSPS) is 11.7. The van der Waals surface area contributed by atoms with Crippen molar-refractivity contribution in [3.8, 4) is 0 Å². The Balaban J connectivity index is 0. The molecule has 19 heavy (non-hydrogen) atoms. The van der Waals surface area contributed by atoms with Gasteiger partial charge in [-0.3, -0.25) is 0 Å². The van der Waals surface area contributed by atoms with E-state index in [2.05, 4.69) is 13.5 Å². The Morgan fingerprint density at radius 2 is 1.16 bits per heavy atom. The summed E-state index contributed by atoms with van der Waals surface area (Å²) in [4.78, 5) is 0. The third kappa shape index (κ3) is 7.32. The summed E-state index contributed by atoms with van der Waals surface area (Å²) in [7, 11) is 4.88. The van der Waals surface area contributed by atoms with E-state index in [0.29, 0.717) is 0 Å². The van der Waals surface area contributed by atoms with Crippen LogP contribution in [-0.2, 0) is 26.6 Å². The Hall–Kier alpha value is -0.0662. The summed E-state index contributed by atoms with van der Waals surface area (Å²) in [6, 6.07) is 0.885. The molecule has 6 nitrogen and oxygen atoms in total. The Morgan fingerprint density at radius 1 is 0.789 bits per heavy atom. The fourth-order valence-electron chi connectivity index (χ4n) is 1.36. The Morgan fingerprint density at radius 3 is 1.21 bits per heavy atom. The summed E-state index contributed by atoms with van der Waals surface area (Å²) in [5.41, 5.74) is 1.58. The van der Waals surface area contributed by atoms with E-state index in [1.807, 2.05) is 0 Å². The molecule has 0 spiro atoms. The van der Waals surface area contributed by atoms with E-state index >= 15 is 0 Å². The van der Waals surface area contributed by atoms with Crippen LogP contribution in [0.2, 0.25) is 6.04 Å². The molecule has 0 fully saturated rings. The van der Waals surface area contributed by atoms with Gasteiger partial charge in [0, 0.05) is 48.7 Å². The Kier molecular flexibility index (Phi) is 13.1. The van der Waals surface area contributed by atoms with Crippen molar-refractivity contribution in [3.63, 3.8) is 0 Å². The highest BCUT2D eigenvalue weighted by Crippen LogP contribution is 2.13. The van der Waals surface area contributed by atoms with Gasteiger partial charge in [0.2, 0.25) is 0 Å². The zero-order valence-corrected chi connectivity index (χ0v) is 15.1. The molecule has 0 saturated heterocycles. The van der Waals surface area contributed by atoms with Crippen LogP contribution in [0.15, 0.2) is 12.3 Å². The zero-order chi connectivity index (χ0) is 15.4. The molecule has 0 aromatic heterocycles. The second kappa shape index (κ2) is 11.7. The van der Waals surface area contributed by atoms with Crippen molar-refractivity contribution in [2.24, 2.45) is 0 Å². The monoisotopic (exact) mass is 312 g/mol. The largest absolute Gasteiger partial charge is 0.528 e. The minimum atomic E-state index is -2.43. The lowest BCUT2D eigenvalue weighted by Crippen LogP contribution is -2.42. The van der Waals surface area contributed by atoms with Gasteiger partial charge in [-0.1, -0.05) is 19.9 Å². The van der Waals surface area contributed by atoms with Crippen molar-refractivity contribution in [3.05, 3.63) is 12.3 Å². The van der Waals surface area contributed by atoms with Gasteiger partial charge < -0.3 is 26.6 Å². The van der Waals surface area contributed by atoms with E-state index in [9.17, 15) is 0 Å². The van der Waals surface area contributed by atoms with Gasteiger partial charge in [0.05, 0.1) is 0 Å². The van der Waals surface area contributed by atoms with Crippen LogP contribution < -0.4 is 0 Å². The minimum absolute atomic E-state index is 0.885. The molecule has 0 rings (SSSR count). The summed E-state index contributed by atoms with van der Waals surface area (Å²) in [6.45, 7) is 5.61. The fraction of sp³-hybridized carbons (Fsp3) is 0.818. The van der Waals surface area contributed by atoms with Crippen molar-refractivity contribution in [2.45, 2.75) is 19.4 Å². The van der Waals surface area contributed by atoms with Crippen molar-refractivity contribution in [2.75, 3.05) is 42.7 Å². The van der Waals surface area contributed by atoms with Crippen LogP contribution >= 0.6 is 0 Å². The van der Waals surface area contributed by atoms with Crippen LogP contribution in [0.3, 0.4) is 0 Å². The molecule has 0 unspecified atom stereocenters. The number of hydrogen-bond acceptors (Lipinski definition) is 6. The molecule has 0 aromatic carbocycles. The molecule has 0 atom stereocenters. The third-order valence-corrected chi connectivity index (χ3v) is 7.78. The third-order valence-electron chi connectivity index (χ3n) is 2.59. The van der Waals surface area contributed by atoms with Crippen molar-refractivity contribution in [1.82, 2.24) is 0 Å². The highest BCUT2D eigenvalue weighted by Gasteiger charge is 2.36. The second-order valence-electron chi connectivity index (χ2n) is 3.47. The van der Waals surface area contributed by atoms with Gasteiger partial charge >= 0.3 is 17.6 Å². The van der Waals surface area contributed by atoms with Gasteiger partial charge in [-0.2, -0.15) is 0 Å². The molecule has 116 valence electrons. The lowest BCUT2D eigenvalue weighted by atomic mass is 10.6. The topological polar surface area (TPSA) is 55.4 Å². The fourth-order valence-corrected chi connectivity index (χ4v) is 4.09. The highest BCUT2D eigenvalue weighted by atomic mass is 28.4. The first-order valence-electron chi connectivity index (χ1n) is 5.93. The molecule has 0 aliphatic rings. The number of hydrogen-bond donors (Lipinski definition) is 0. The van der Waals surface area contributed by atoms with E-state index < -0.39 is 17.6 Å². The lowest BCUT2D eigenvalue weighted by Gasteiger charge is -2.23. The van der Waals surface area contributed by atoms with E-state index in [1.165, 1.54) is 0 Å². The molecule has 0 aliphatic carbocycles. The highest BCUT2D eigenvalue weighted by molar-refractivity contribution is 6.66. The minimum Gasteiger partial charge on any atom is -0.377 e. The first-order chi connectivity index (χ1) is 8.99. The molecular weight excluding hydrogens is 284 g/mol. The standard InChI is InChI=1S/C6H16O3Si.C5H12O3Si/c1-5-6-10(7-2,8-3)9-4;1-5-9(6-2,7-3)8-4/h5-6H2,1-4H3;5H,1H2,2-4H3. The smallest absolute Gasteiger partial charge is 0.377 e. The van der Waals surface area contributed by atoms with Gasteiger partial charge in [0.1, 0.15) is 0 Å². The summed E-state index contributed by atoms with van der Waals surface area (Å²) in [6.07, 6.45) is 1.03. The first kappa shape index (κ1) is 21.2. The molecule has 0 saturated carbocycles. The molecule has 8 heteroatoms. The average Bonchev–Trinajstić information content (AvgIpc) is 2.49. The molecule has 0 aliphatic heterocycles. The molecule has 0 bridgehead atoms. The average molecular weight is 313 g/mol. The van der Waals surface area contributed by atoms with Crippen LogP contribution in [0.25, 0.3) is 0 Å². The Bertz CT molecular complexity index is 203. The SMILES string of the molecule is C=C[Si](OC)(OC)OC.CCC[Si](OC)(OC)OC. The van der Waals surface area contributed by atoms with E-state index in [4.69, 9.17) is 26.6 Å². The van der Waals surface area contributed by atoms with Gasteiger partial charge in [-0.15, -0.1) is 0 Å². The van der Waals surface area contributed by atoms with E-state index in [0.717, 1.165) is 12.5 Å². The van der Waals surface area contributed by atoms with Crippen LogP contribution in [0.4, 0.5) is 0 Å². The van der Waals surface area contributed by atoms with Crippen LogP contribution in [-0.4, -0.2) is 60.3 Å². The molecule has 0 N–H and O–H groups in total. The van der Waals surface area contributed by atoms with Crippen LogP contribution in [0.1, 0.15) is 13.3 Å². The summed E-state index contributed by atoms with van der Waals surface area (Å²) < 4.78 is 30.4. The van der Waals surface area contributed by atoms with Crippen LogP contribution in [0, 0.1) is 0 Å². The molecule has 0 aromatic rings. The summed E-state index contributed by atoms with van der Waals surface area (Å²) in [5, 5.41) is 0. The predicted molar refractivity (Wildman–Crippen MR) is 78.9 cm³/mol. The van der Waals surface area contributed by atoms with E-state index in [1.54, 1.807) is 48.4 Å². The summed E-state index contributed by atoms with van der Waals surface area (Å²) >= 11 is 0. The van der Waals surface area contributed by atoms with Gasteiger partial charge in [0.15, 0.2) is 0 Å². The van der Waals surface area contributed by atoms with Gasteiger partial charge in [-0.05, 0) is 5.70 Å². The number of rotatable bonds is 9. The maximum absolute atomic E-state index is 5.17. The summed E-state index contributed by atoms with van der Waals surface area (Å²) in [5.74, 6) is 0. The molecule has 0 radical (unpaired) electrons. The maximum atomic E-state index is 5.17. The first-order valence-corrected chi connectivity index (χ1v) is 9.67. The molecular formula is C11H28O6Si2. The van der Waals surface area contributed by atoms with Crippen molar-refractivity contribution >= 4 is 17.6 Å². The molecule has 0 heterocycles. The lowest BCUT2D eigenvalue weighted by molar-refractivity contribution is 0.123.